The molecular weight excluding hydrogens is 435 g/mol. The standard InChI is InChI=1S/C20H20Cl2N2O4S/c21-16-6-5-14-7-8-23(12-15(14)11-16)20(25)18-13-24(9-10-28-18)29(26,27)19-4-2-1-3-17(19)22/h1-6,11,18H,7-10,12-13H2/t18-/m1/s1. The molecule has 6 nitrogen and oxygen atoms in total. The number of hydrogen-bond donors (Lipinski definition) is 0. The van der Waals surface area contributed by atoms with E-state index in [1.165, 1.54) is 22.0 Å². The first kappa shape index (κ1) is 20.6. The van der Waals surface area contributed by atoms with E-state index in [1.807, 2.05) is 18.2 Å². The van der Waals surface area contributed by atoms with Crippen LogP contribution in [0.2, 0.25) is 10.0 Å². The van der Waals surface area contributed by atoms with E-state index in [1.54, 1.807) is 17.0 Å². The van der Waals surface area contributed by atoms with Gasteiger partial charge in [-0.25, -0.2) is 8.42 Å². The summed E-state index contributed by atoms with van der Waals surface area (Å²) < 4.78 is 32.9. The van der Waals surface area contributed by atoms with Gasteiger partial charge in [0.15, 0.2) is 0 Å². The Labute approximate surface area is 180 Å². The minimum absolute atomic E-state index is 0.0364. The van der Waals surface area contributed by atoms with Crippen LogP contribution in [0.3, 0.4) is 0 Å². The Morgan fingerprint density at radius 1 is 1.07 bits per heavy atom. The molecule has 0 aliphatic carbocycles. The van der Waals surface area contributed by atoms with E-state index >= 15 is 0 Å². The minimum atomic E-state index is -3.81. The van der Waals surface area contributed by atoms with Gasteiger partial charge in [0.2, 0.25) is 10.0 Å². The van der Waals surface area contributed by atoms with Gasteiger partial charge in [-0.3, -0.25) is 4.79 Å². The fourth-order valence-electron chi connectivity index (χ4n) is 3.70. The number of amides is 1. The molecule has 2 heterocycles. The molecule has 1 fully saturated rings. The number of carbonyl (C=O) groups excluding carboxylic acids is 1. The van der Waals surface area contributed by atoms with Crippen molar-refractivity contribution in [3.63, 3.8) is 0 Å². The number of sulfonamides is 1. The third kappa shape index (κ3) is 4.15. The third-order valence-electron chi connectivity index (χ3n) is 5.25. The zero-order chi connectivity index (χ0) is 20.6. The first-order chi connectivity index (χ1) is 13.9. The summed E-state index contributed by atoms with van der Waals surface area (Å²) in [5.74, 6) is -0.213. The normalized spacial score (nSPS) is 20.3. The van der Waals surface area contributed by atoms with Crippen molar-refractivity contribution in [1.82, 2.24) is 9.21 Å². The van der Waals surface area contributed by atoms with Crippen molar-refractivity contribution >= 4 is 39.1 Å². The highest BCUT2D eigenvalue weighted by atomic mass is 35.5. The highest BCUT2D eigenvalue weighted by molar-refractivity contribution is 7.89. The van der Waals surface area contributed by atoms with E-state index in [0.717, 1.165) is 12.0 Å². The molecule has 0 saturated carbocycles. The molecule has 154 valence electrons. The summed E-state index contributed by atoms with van der Waals surface area (Å²) in [6.07, 6.45) is -0.117. The molecule has 1 atom stereocenters. The average molecular weight is 455 g/mol. The van der Waals surface area contributed by atoms with Gasteiger partial charge < -0.3 is 9.64 Å². The van der Waals surface area contributed by atoms with E-state index in [9.17, 15) is 13.2 Å². The predicted molar refractivity (Wildman–Crippen MR) is 111 cm³/mol. The lowest BCUT2D eigenvalue weighted by molar-refractivity contribution is -0.148. The van der Waals surface area contributed by atoms with E-state index in [0.29, 0.717) is 18.1 Å². The first-order valence-corrected chi connectivity index (χ1v) is 11.5. The van der Waals surface area contributed by atoms with Crippen LogP contribution in [0.15, 0.2) is 47.4 Å². The maximum absolute atomic E-state index is 13.0. The molecule has 0 spiro atoms. The van der Waals surface area contributed by atoms with Crippen LogP contribution in [0.4, 0.5) is 0 Å². The number of rotatable bonds is 3. The Morgan fingerprint density at radius 3 is 2.66 bits per heavy atom. The van der Waals surface area contributed by atoms with Crippen molar-refractivity contribution in [3.05, 3.63) is 63.6 Å². The van der Waals surface area contributed by atoms with E-state index in [4.69, 9.17) is 27.9 Å². The largest absolute Gasteiger partial charge is 0.366 e. The molecule has 1 saturated heterocycles. The zero-order valence-electron chi connectivity index (χ0n) is 15.6. The van der Waals surface area contributed by atoms with Gasteiger partial charge in [-0.2, -0.15) is 4.31 Å². The van der Waals surface area contributed by atoms with Crippen molar-refractivity contribution in [3.8, 4) is 0 Å². The van der Waals surface area contributed by atoms with Gasteiger partial charge in [0.1, 0.15) is 11.0 Å². The molecule has 2 aromatic rings. The molecule has 0 unspecified atom stereocenters. The number of fused-ring (bicyclic) bond motifs is 1. The highest BCUT2D eigenvalue weighted by Crippen LogP contribution is 2.27. The van der Waals surface area contributed by atoms with Crippen LogP contribution < -0.4 is 0 Å². The monoisotopic (exact) mass is 454 g/mol. The van der Waals surface area contributed by atoms with E-state index < -0.39 is 16.1 Å². The number of morpholine rings is 1. The van der Waals surface area contributed by atoms with Gasteiger partial charge in [-0.1, -0.05) is 41.4 Å². The molecule has 2 aliphatic rings. The van der Waals surface area contributed by atoms with Crippen molar-refractivity contribution in [2.75, 3.05) is 26.2 Å². The van der Waals surface area contributed by atoms with Crippen molar-refractivity contribution in [2.45, 2.75) is 24.0 Å². The minimum Gasteiger partial charge on any atom is -0.366 e. The Balaban J connectivity index is 1.50. The number of ether oxygens (including phenoxy) is 1. The molecular formula is C20H20Cl2N2O4S. The molecule has 0 aromatic heterocycles. The van der Waals surface area contributed by atoms with Crippen LogP contribution in [0.1, 0.15) is 11.1 Å². The smallest absolute Gasteiger partial charge is 0.253 e. The quantitative estimate of drug-likeness (QED) is 0.714. The summed E-state index contributed by atoms with van der Waals surface area (Å²) in [5.41, 5.74) is 2.18. The number of benzene rings is 2. The molecule has 29 heavy (non-hydrogen) atoms. The second-order valence-electron chi connectivity index (χ2n) is 7.08. The predicted octanol–water partition coefficient (Wildman–Crippen LogP) is 2.97. The molecule has 1 amide bonds. The van der Waals surface area contributed by atoms with E-state index in [2.05, 4.69) is 0 Å². The Hall–Kier alpha value is -1.64. The lowest BCUT2D eigenvalue weighted by atomic mass is 9.99. The number of hydrogen-bond acceptors (Lipinski definition) is 4. The highest BCUT2D eigenvalue weighted by Gasteiger charge is 2.37. The molecule has 4 rings (SSSR count). The number of halogens is 2. The van der Waals surface area contributed by atoms with Gasteiger partial charge in [0, 0.05) is 31.2 Å². The van der Waals surface area contributed by atoms with Crippen LogP contribution in [-0.4, -0.2) is 55.9 Å². The van der Waals surface area contributed by atoms with Crippen LogP contribution in [0.25, 0.3) is 0 Å². The van der Waals surface area contributed by atoms with Gasteiger partial charge in [0.25, 0.3) is 5.91 Å². The maximum Gasteiger partial charge on any atom is 0.253 e. The van der Waals surface area contributed by atoms with Gasteiger partial charge in [-0.05, 0) is 41.8 Å². The topological polar surface area (TPSA) is 66.9 Å². The Bertz CT molecular complexity index is 1040. The number of carbonyl (C=O) groups is 1. The molecule has 0 radical (unpaired) electrons. The molecule has 0 bridgehead atoms. The Kier molecular flexibility index (Phi) is 5.86. The summed E-state index contributed by atoms with van der Waals surface area (Å²) in [4.78, 5) is 14.8. The number of nitrogens with zero attached hydrogens (tertiary/aromatic N) is 2. The SMILES string of the molecule is O=C([C@H]1CN(S(=O)(=O)c2ccccc2Cl)CCO1)N1CCc2ccc(Cl)cc2C1. The van der Waals surface area contributed by atoms with Gasteiger partial charge in [-0.15, -0.1) is 0 Å². The summed E-state index contributed by atoms with van der Waals surface area (Å²) in [6, 6.07) is 12.0. The van der Waals surface area contributed by atoms with Gasteiger partial charge >= 0.3 is 0 Å². The van der Waals surface area contributed by atoms with Crippen LogP contribution in [0, 0.1) is 0 Å². The zero-order valence-corrected chi connectivity index (χ0v) is 17.9. The molecule has 2 aromatic carbocycles. The third-order valence-corrected chi connectivity index (χ3v) is 7.85. The van der Waals surface area contributed by atoms with Crippen molar-refractivity contribution < 1.29 is 17.9 Å². The average Bonchev–Trinajstić information content (AvgIpc) is 2.73. The summed E-state index contributed by atoms with van der Waals surface area (Å²) >= 11 is 12.2. The summed E-state index contributed by atoms with van der Waals surface area (Å²) in [7, 11) is -3.81. The van der Waals surface area contributed by atoms with Crippen LogP contribution >= 0.6 is 23.2 Å². The lowest BCUT2D eigenvalue weighted by Crippen LogP contribution is -2.53. The Morgan fingerprint density at radius 2 is 1.86 bits per heavy atom. The van der Waals surface area contributed by atoms with Crippen molar-refractivity contribution in [1.29, 1.82) is 0 Å². The van der Waals surface area contributed by atoms with Crippen LogP contribution in [-0.2, 0) is 32.5 Å². The fourth-order valence-corrected chi connectivity index (χ4v) is 5.82. The molecule has 9 heteroatoms. The summed E-state index contributed by atoms with van der Waals surface area (Å²) in [5, 5.41) is 0.787. The second-order valence-corrected chi connectivity index (χ2v) is 9.83. The van der Waals surface area contributed by atoms with E-state index in [-0.39, 0.29) is 35.5 Å². The van der Waals surface area contributed by atoms with Crippen LogP contribution in [0.5, 0.6) is 0 Å². The summed E-state index contributed by atoms with van der Waals surface area (Å²) in [6.45, 7) is 1.29. The maximum atomic E-state index is 13.0. The lowest BCUT2D eigenvalue weighted by Gasteiger charge is -2.36. The molecule has 0 N–H and O–H groups in total. The van der Waals surface area contributed by atoms with Gasteiger partial charge in [0.05, 0.1) is 11.6 Å². The fraction of sp³-hybridized carbons (Fsp3) is 0.350. The van der Waals surface area contributed by atoms with Crippen molar-refractivity contribution in [2.24, 2.45) is 0 Å². The first-order valence-electron chi connectivity index (χ1n) is 9.28. The second kappa shape index (κ2) is 8.24. The molecule has 2 aliphatic heterocycles.